The van der Waals surface area contributed by atoms with Crippen molar-refractivity contribution in [2.24, 2.45) is 5.10 Å². The number of carbonyl (C=O) groups is 1. The van der Waals surface area contributed by atoms with Crippen LogP contribution in [0, 0.1) is 5.82 Å². The van der Waals surface area contributed by atoms with Crippen LogP contribution in [0.25, 0.3) is 0 Å². The van der Waals surface area contributed by atoms with Gasteiger partial charge >= 0.3 is 0 Å². The smallest absolute Gasteiger partial charge is 0.269 e. The summed E-state index contributed by atoms with van der Waals surface area (Å²) in [5.74, 6) is -0.564. The summed E-state index contributed by atoms with van der Waals surface area (Å²) in [6.07, 6.45) is 1.15. The van der Waals surface area contributed by atoms with Crippen molar-refractivity contribution in [3.63, 3.8) is 0 Å². The zero-order valence-electron chi connectivity index (χ0n) is 11.5. The Morgan fingerprint density at radius 2 is 2.35 bits per heavy atom. The van der Waals surface area contributed by atoms with Crippen LogP contribution in [-0.4, -0.2) is 31.4 Å². The molecule has 0 saturated carbocycles. The van der Waals surface area contributed by atoms with Gasteiger partial charge in [0.05, 0.1) is 12.8 Å². The molecule has 0 bridgehead atoms. The molecule has 1 aromatic carbocycles. The maximum Gasteiger partial charge on any atom is 0.269 e. The van der Waals surface area contributed by atoms with E-state index in [2.05, 4.69) is 10.5 Å². The summed E-state index contributed by atoms with van der Waals surface area (Å²) in [6, 6.07) is 4.51. The van der Waals surface area contributed by atoms with Gasteiger partial charge in [-0.1, -0.05) is 0 Å². The summed E-state index contributed by atoms with van der Waals surface area (Å²) in [7, 11) is 1.40. The molecule has 0 aliphatic carbocycles. The first-order valence-electron chi connectivity index (χ1n) is 6.41. The molecule has 2 rings (SSSR count). The van der Waals surface area contributed by atoms with Crippen molar-refractivity contribution < 1.29 is 18.7 Å². The van der Waals surface area contributed by atoms with Gasteiger partial charge in [0.25, 0.3) is 5.91 Å². The highest BCUT2D eigenvalue weighted by Crippen LogP contribution is 2.18. The fraction of sp³-hybridized carbons (Fsp3) is 0.429. The molecule has 0 spiro atoms. The Balaban J connectivity index is 2.02. The van der Waals surface area contributed by atoms with Crippen molar-refractivity contribution >= 4 is 11.6 Å². The van der Waals surface area contributed by atoms with Crippen molar-refractivity contribution in [2.45, 2.75) is 25.9 Å². The fourth-order valence-electron chi connectivity index (χ4n) is 1.95. The van der Waals surface area contributed by atoms with Gasteiger partial charge in [0.2, 0.25) is 0 Å². The number of carbonyl (C=O) groups excluding carboxylic acids is 1. The summed E-state index contributed by atoms with van der Waals surface area (Å²) < 4.78 is 23.7. The summed E-state index contributed by atoms with van der Waals surface area (Å²) >= 11 is 0. The zero-order valence-corrected chi connectivity index (χ0v) is 11.5. The van der Waals surface area contributed by atoms with Crippen molar-refractivity contribution in [1.82, 2.24) is 5.43 Å². The number of nitrogens with zero attached hydrogens (tertiary/aromatic N) is 1. The molecule has 1 aliphatic heterocycles. The third kappa shape index (κ3) is 3.33. The first-order valence-corrected chi connectivity index (χ1v) is 6.41. The lowest BCUT2D eigenvalue weighted by Crippen LogP contribution is -2.31. The molecule has 1 aliphatic rings. The van der Waals surface area contributed by atoms with Crippen molar-refractivity contribution in [1.29, 1.82) is 0 Å². The lowest BCUT2D eigenvalue weighted by atomic mass is 10.1. The summed E-state index contributed by atoms with van der Waals surface area (Å²) in [6.45, 7) is 2.29. The second-order valence-electron chi connectivity index (χ2n) is 4.52. The Bertz CT molecular complexity index is 525. The van der Waals surface area contributed by atoms with E-state index in [0.717, 1.165) is 6.42 Å². The first-order chi connectivity index (χ1) is 9.61. The molecule has 1 saturated heterocycles. The van der Waals surface area contributed by atoms with Crippen molar-refractivity contribution in [3.05, 3.63) is 29.6 Å². The quantitative estimate of drug-likeness (QED) is 0.676. The molecule has 5 nitrogen and oxygen atoms in total. The average molecular weight is 280 g/mol. The number of nitrogens with one attached hydrogen (secondary N) is 1. The number of hydrazone groups is 1. The molecule has 6 heteroatoms. The summed E-state index contributed by atoms with van der Waals surface area (Å²) in [5.41, 5.74) is 3.53. The van der Waals surface area contributed by atoms with Gasteiger partial charge in [-0.3, -0.25) is 4.79 Å². The van der Waals surface area contributed by atoms with E-state index in [9.17, 15) is 9.18 Å². The molecule has 1 fully saturated rings. The maximum absolute atomic E-state index is 13.6. The van der Waals surface area contributed by atoms with Gasteiger partial charge in [0.1, 0.15) is 6.10 Å². The Morgan fingerprint density at radius 3 is 2.95 bits per heavy atom. The number of rotatable bonds is 4. The molecule has 1 unspecified atom stereocenters. The van der Waals surface area contributed by atoms with Crippen molar-refractivity contribution in [3.8, 4) is 5.75 Å². The van der Waals surface area contributed by atoms with E-state index in [1.54, 1.807) is 13.0 Å². The third-order valence-corrected chi connectivity index (χ3v) is 3.13. The molecule has 1 amide bonds. The molecule has 0 aromatic heterocycles. The molecule has 108 valence electrons. The largest absolute Gasteiger partial charge is 0.494 e. The number of amides is 1. The number of benzene rings is 1. The van der Waals surface area contributed by atoms with Crippen LogP contribution in [-0.2, 0) is 9.53 Å². The van der Waals surface area contributed by atoms with Crippen LogP contribution in [0.15, 0.2) is 23.3 Å². The summed E-state index contributed by atoms with van der Waals surface area (Å²) in [5, 5.41) is 3.97. The number of methoxy groups -OCH3 is 1. The van der Waals surface area contributed by atoms with Gasteiger partial charge in [-0.2, -0.15) is 5.10 Å². The van der Waals surface area contributed by atoms with Gasteiger partial charge in [-0.15, -0.1) is 0 Å². The normalized spacial score (nSPS) is 18.9. The van der Waals surface area contributed by atoms with Crippen LogP contribution in [0.4, 0.5) is 4.39 Å². The zero-order chi connectivity index (χ0) is 14.5. The monoisotopic (exact) mass is 280 g/mol. The lowest BCUT2D eigenvalue weighted by molar-refractivity contribution is -0.130. The van der Waals surface area contributed by atoms with Crippen LogP contribution in [0.5, 0.6) is 5.75 Å². The predicted octanol–water partition coefficient (Wildman–Crippen LogP) is 1.85. The standard InChI is InChI=1S/C14H17FN2O3/c1-9(10-5-6-12(19-2)11(15)8-10)16-17-14(18)13-4-3-7-20-13/h5-6,8,13H,3-4,7H2,1-2H3,(H,17,18)/b16-9+. The Hall–Kier alpha value is -1.95. The van der Waals surface area contributed by atoms with Gasteiger partial charge in [-0.05, 0) is 38.0 Å². The Kier molecular flexibility index (Phi) is 4.68. The summed E-state index contributed by atoms with van der Waals surface area (Å²) in [4.78, 5) is 11.7. The van der Waals surface area contributed by atoms with Crippen LogP contribution in [0.3, 0.4) is 0 Å². The van der Waals surface area contributed by atoms with Crippen molar-refractivity contribution in [2.75, 3.05) is 13.7 Å². The lowest BCUT2D eigenvalue weighted by Gasteiger charge is -2.08. The molecular formula is C14H17FN2O3. The highest BCUT2D eigenvalue weighted by molar-refractivity contribution is 5.99. The second kappa shape index (κ2) is 6.47. The van der Waals surface area contributed by atoms with Gasteiger partial charge < -0.3 is 9.47 Å². The molecule has 1 aromatic rings. The van der Waals surface area contributed by atoms with E-state index in [4.69, 9.17) is 9.47 Å². The highest BCUT2D eigenvalue weighted by Gasteiger charge is 2.23. The van der Waals surface area contributed by atoms with Crippen LogP contribution < -0.4 is 10.2 Å². The van der Waals surface area contributed by atoms with E-state index in [0.29, 0.717) is 24.3 Å². The fourth-order valence-corrected chi connectivity index (χ4v) is 1.95. The van der Waals surface area contributed by atoms with E-state index in [1.165, 1.54) is 19.2 Å². The van der Waals surface area contributed by atoms with Gasteiger partial charge in [0, 0.05) is 12.2 Å². The molecule has 20 heavy (non-hydrogen) atoms. The second-order valence-corrected chi connectivity index (χ2v) is 4.52. The van der Waals surface area contributed by atoms with E-state index >= 15 is 0 Å². The molecule has 0 radical (unpaired) electrons. The third-order valence-electron chi connectivity index (χ3n) is 3.13. The molecule has 1 atom stereocenters. The minimum atomic E-state index is -0.468. The Labute approximate surface area is 116 Å². The van der Waals surface area contributed by atoms with Crippen LogP contribution in [0.1, 0.15) is 25.3 Å². The minimum absolute atomic E-state index is 0.171. The predicted molar refractivity (Wildman–Crippen MR) is 72.3 cm³/mol. The SMILES string of the molecule is COc1ccc(/C(C)=N/NC(=O)C2CCCO2)cc1F. The minimum Gasteiger partial charge on any atom is -0.494 e. The number of hydrogen-bond donors (Lipinski definition) is 1. The molecule has 1 N–H and O–H groups in total. The number of halogens is 1. The van der Waals surface area contributed by atoms with Crippen LogP contribution in [0.2, 0.25) is 0 Å². The molecular weight excluding hydrogens is 263 g/mol. The van der Waals surface area contributed by atoms with Crippen LogP contribution >= 0.6 is 0 Å². The van der Waals surface area contributed by atoms with Gasteiger partial charge in [-0.25, -0.2) is 9.82 Å². The molecule has 1 heterocycles. The van der Waals surface area contributed by atoms with E-state index in [1.807, 2.05) is 0 Å². The van der Waals surface area contributed by atoms with E-state index in [-0.39, 0.29) is 11.7 Å². The van der Waals surface area contributed by atoms with E-state index < -0.39 is 11.9 Å². The number of hydrogen-bond acceptors (Lipinski definition) is 4. The maximum atomic E-state index is 13.6. The first kappa shape index (κ1) is 14.5. The van der Waals surface area contributed by atoms with Gasteiger partial charge in [0.15, 0.2) is 11.6 Å². The topological polar surface area (TPSA) is 59.9 Å². The Morgan fingerprint density at radius 1 is 1.55 bits per heavy atom. The average Bonchev–Trinajstić information content (AvgIpc) is 2.98. The number of ether oxygens (including phenoxy) is 2. The highest BCUT2D eigenvalue weighted by atomic mass is 19.1.